The van der Waals surface area contributed by atoms with E-state index in [1.807, 2.05) is 6.20 Å². The van der Waals surface area contributed by atoms with Crippen LogP contribution >= 0.6 is 11.3 Å². The molecule has 2 nitrogen and oxygen atoms in total. The van der Waals surface area contributed by atoms with E-state index in [2.05, 4.69) is 41.7 Å². The summed E-state index contributed by atoms with van der Waals surface area (Å²) in [6.45, 7) is 5.70. The number of hydrogen-bond donors (Lipinski definition) is 1. The van der Waals surface area contributed by atoms with Crippen molar-refractivity contribution in [3.63, 3.8) is 0 Å². The average molecular weight is 246 g/mol. The molecule has 0 amide bonds. The lowest BCUT2D eigenvalue weighted by Crippen LogP contribution is -2.25. The van der Waals surface area contributed by atoms with Gasteiger partial charge in [0, 0.05) is 18.8 Å². The van der Waals surface area contributed by atoms with Gasteiger partial charge in [0.1, 0.15) is 0 Å². The number of nitrogens with one attached hydrogen (secondary N) is 1. The van der Waals surface area contributed by atoms with Crippen LogP contribution in [0, 0.1) is 5.41 Å². The molecular weight excluding hydrogens is 228 g/mol. The Labute approximate surface area is 106 Å². The number of aromatic nitrogens is 1. The average Bonchev–Trinajstić information content (AvgIpc) is 2.90. The van der Waals surface area contributed by atoms with Crippen LogP contribution in [0.25, 0.3) is 10.2 Å². The number of hydrogen-bond acceptors (Lipinski definition) is 3. The maximum Gasteiger partial charge on any atom is 0.0809 e. The van der Waals surface area contributed by atoms with Crippen LogP contribution in [0.4, 0.5) is 0 Å². The van der Waals surface area contributed by atoms with E-state index in [9.17, 15) is 0 Å². The Kier molecular flexibility index (Phi) is 2.68. The molecule has 2 aromatic heterocycles. The van der Waals surface area contributed by atoms with Gasteiger partial charge in [0.05, 0.1) is 10.2 Å². The second-order valence-corrected chi connectivity index (χ2v) is 6.43. The maximum absolute atomic E-state index is 4.49. The normalized spacial score (nSPS) is 19.4. The Balaban J connectivity index is 1.73. The SMILES string of the molecule is CC(NCC1(C)CC1)c1cnc2ccsc2c1. The minimum atomic E-state index is 0.395. The molecule has 1 fully saturated rings. The summed E-state index contributed by atoms with van der Waals surface area (Å²) in [7, 11) is 0. The maximum atomic E-state index is 4.49. The van der Waals surface area contributed by atoms with Gasteiger partial charge in [-0.25, -0.2) is 0 Å². The van der Waals surface area contributed by atoms with E-state index < -0.39 is 0 Å². The smallest absolute Gasteiger partial charge is 0.0809 e. The first-order chi connectivity index (χ1) is 8.16. The summed E-state index contributed by atoms with van der Waals surface area (Å²) < 4.78 is 1.29. The summed E-state index contributed by atoms with van der Waals surface area (Å²) in [5.74, 6) is 0. The van der Waals surface area contributed by atoms with Crippen molar-refractivity contribution < 1.29 is 0 Å². The van der Waals surface area contributed by atoms with Gasteiger partial charge in [-0.2, -0.15) is 0 Å². The van der Waals surface area contributed by atoms with Crippen LogP contribution in [-0.2, 0) is 0 Å². The van der Waals surface area contributed by atoms with Gasteiger partial charge in [0.2, 0.25) is 0 Å². The number of pyridine rings is 1. The molecule has 1 unspecified atom stereocenters. The van der Waals surface area contributed by atoms with Gasteiger partial charge in [0.25, 0.3) is 0 Å². The summed E-state index contributed by atoms with van der Waals surface area (Å²) >= 11 is 1.76. The molecule has 3 rings (SSSR count). The van der Waals surface area contributed by atoms with Crippen LogP contribution in [0.1, 0.15) is 38.3 Å². The zero-order chi connectivity index (χ0) is 11.9. The van der Waals surface area contributed by atoms with Crippen LogP contribution in [-0.4, -0.2) is 11.5 Å². The third kappa shape index (κ3) is 2.35. The highest BCUT2D eigenvalue weighted by molar-refractivity contribution is 7.17. The van der Waals surface area contributed by atoms with Crippen molar-refractivity contribution >= 4 is 21.6 Å². The Hall–Kier alpha value is -0.930. The van der Waals surface area contributed by atoms with Crippen LogP contribution in [0.3, 0.4) is 0 Å². The highest BCUT2D eigenvalue weighted by Crippen LogP contribution is 2.44. The lowest BCUT2D eigenvalue weighted by molar-refractivity contribution is 0.457. The zero-order valence-electron chi connectivity index (χ0n) is 10.4. The van der Waals surface area contributed by atoms with Gasteiger partial charge >= 0.3 is 0 Å². The van der Waals surface area contributed by atoms with E-state index in [1.165, 1.54) is 23.1 Å². The predicted octanol–water partition coefficient (Wildman–Crippen LogP) is 3.75. The van der Waals surface area contributed by atoms with Crippen LogP contribution in [0.2, 0.25) is 0 Å². The molecule has 0 aliphatic heterocycles. The van der Waals surface area contributed by atoms with Gasteiger partial charge in [0.15, 0.2) is 0 Å². The number of nitrogens with zero attached hydrogens (tertiary/aromatic N) is 1. The van der Waals surface area contributed by atoms with Gasteiger partial charge in [-0.05, 0) is 48.3 Å². The number of fused-ring (bicyclic) bond motifs is 1. The summed E-state index contributed by atoms with van der Waals surface area (Å²) in [5, 5.41) is 5.72. The van der Waals surface area contributed by atoms with Crippen molar-refractivity contribution in [2.75, 3.05) is 6.54 Å². The van der Waals surface area contributed by atoms with E-state index in [4.69, 9.17) is 0 Å². The first-order valence-corrected chi connectivity index (χ1v) is 7.11. The molecule has 0 aromatic carbocycles. The van der Waals surface area contributed by atoms with Crippen LogP contribution in [0.15, 0.2) is 23.7 Å². The monoisotopic (exact) mass is 246 g/mol. The molecule has 0 radical (unpaired) electrons. The molecule has 1 aliphatic rings. The highest BCUT2D eigenvalue weighted by atomic mass is 32.1. The Morgan fingerprint density at radius 2 is 2.35 bits per heavy atom. The summed E-state index contributed by atoms with van der Waals surface area (Å²) in [6.07, 6.45) is 4.74. The van der Waals surface area contributed by atoms with Crippen molar-refractivity contribution in [2.24, 2.45) is 5.41 Å². The topological polar surface area (TPSA) is 24.9 Å². The van der Waals surface area contributed by atoms with Crippen LogP contribution in [0.5, 0.6) is 0 Å². The van der Waals surface area contributed by atoms with Gasteiger partial charge in [-0.1, -0.05) is 6.92 Å². The van der Waals surface area contributed by atoms with Crippen molar-refractivity contribution in [3.05, 3.63) is 29.3 Å². The Bertz CT molecular complexity index is 528. The van der Waals surface area contributed by atoms with Gasteiger partial charge in [-0.3, -0.25) is 4.98 Å². The second kappa shape index (κ2) is 4.07. The molecule has 0 saturated heterocycles. The van der Waals surface area contributed by atoms with E-state index in [-0.39, 0.29) is 0 Å². The molecule has 3 heteroatoms. The van der Waals surface area contributed by atoms with E-state index >= 15 is 0 Å². The fraction of sp³-hybridized carbons (Fsp3) is 0.500. The lowest BCUT2D eigenvalue weighted by atomic mass is 10.1. The molecule has 0 bridgehead atoms. The Morgan fingerprint density at radius 1 is 1.53 bits per heavy atom. The zero-order valence-corrected chi connectivity index (χ0v) is 11.2. The third-order valence-corrected chi connectivity index (χ3v) is 4.62. The first-order valence-electron chi connectivity index (χ1n) is 6.23. The summed E-state index contributed by atoms with van der Waals surface area (Å²) in [5.41, 5.74) is 2.97. The molecule has 90 valence electrons. The number of rotatable bonds is 4. The van der Waals surface area contributed by atoms with Crippen molar-refractivity contribution in [1.29, 1.82) is 0 Å². The molecule has 1 N–H and O–H groups in total. The number of thiophene rings is 1. The first kappa shape index (κ1) is 11.2. The summed E-state index contributed by atoms with van der Waals surface area (Å²) in [6, 6.07) is 4.74. The van der Waals surface area contributed by atoms with Crippen molar-refractivity contribution in [1.82, 2.24) is 10.3 Å². The molecule has 1 saturated carbocycles. The second-order valence-electron chi connectivity index (χ2n) is 5.49. The molecule has 2 heterocycles. The minimum absolute atomic E-state index is 0.395. The molecular formula is C14H18N2S. The molecule has 1 atom stereocenters. The largest absolute Gasteiger partial charge is 0.310 e. The molecule has 0 spiro atoms. The van der Waals surface area contributed by atoms with E-state index in [0.717, 1.165) is 12.1 Å². The van der Waals surface area contributed by atoms with Crippen LogP contribution < -0.4 is 5.32 Å². The predicted molar refractivity (Wildman–Crippen MR) is 73.4 cm³/mol. The quantitative estimate of drug-likeness (QED) is 0.888. The summed E-state index contributed by atoms with van der Waals surface area (Å²) in [4.78, 5) is 4.49. The van der Waals surface area contributed by atoms with Gasteiger partial charge in [-0.15, -0.1) is 11.3 Å². The molecule has 2 aromatic rings. The van der Waals surface area contributed by atoms with E-state index in [1.54, 1.807) is 11.3 Å². The lowest BCUT2D eigenvalue weighted by Gasteiger charge is -2.17. The fourth-order valence-electron chi connectivity index (χ4n) is 2.01. The van der Waals surface area contributed by atoms with E-state index in [0.29, 0.717) is 11.5 Å². The standard InChI is InChI=1S/C14H18N2S/c1-10(16-9-14(2)4-5-14)11-7-13-12(15-8-11)3-6-17-13/h3,6-8,10,16H,4-5,9H2,1-2H3. The fourth-order valence-corrected chi connectivity index (χ4v) is 2.80. The van der Waals surface area contributed by atoms with Crippen molar-refractivity contribution in [2.45, 2.75) is 32.7 Å². The third-order valence-electron chi connectivity index (χ3n) is 3.76. The Morgan fingerprint density at radius 3 is 3.12 bits per heavy atom. The molecule has 1 aliphatic carbocycles. The van der Waals surface area contributed by atoms with Gasteiger partial charge < -0.3 is 5.32 Å². The highest BCUT2D eigenvalue weighted by Gasteiger charge is 2.36. The molecule has 17 heavy (non-hydrogen) atoms. The van der Waals surface area contributed by atoms with Crippen molar-refractivity contribution in [3.8, 4) is 0 Å². The minimum Gasteiger partial charge on any atom is -0.310 e.